The maximum Gasteiger partial charge on any atom is 0.143 e. The molecule has 0 bridgehead atoms. The molecule has 1 aromatic carbocycles. The van der Waals surface area contributed by atoms with Crippen LogP contribution < -0.4 is 5.73 Å². The highest BCUT2D eigenvalue weighted by Crippen LogP contribution is 2.36. The number of hydrogen-bond acceptors (Lipinski definition) is 2. The minimum absolute atomic E-state index is 0.0876. The van der Waals surface area contributed by atoms with Crippen molar-refractivity contribution in [2.24, 2.45) is 0 Å². The lowest BCUT2D eigenvalue weighted by Gasteiger charge is -2.12. The van der Waals surface area contributed by atoms with Crippen molar-refractivity contribution >= 4 is 28.2 Å². The van der Waals surface area contributed by atoms with Crippen LogP contribution in [-0.4, -0.2) is 4.98 Å². The van der Waals surface area contributed by atoms with Gasteiger partial charge in [-0.1, -0.05) is 24.4 Å². The van der Waals surface area contributed by atoms with Gasteiger partial charge in [0.15, 0.2) is 0 Å². The third kappa shape index (κ3) is 1.93. The Balaban J connectivity index is 2.16. The molecule has 1 aliphatic rings. The van der Waals surface area contributed by atoms with E-state index in [2.05, 4.69) is 4.98 Å². The van der Waals surface area contributed by atoms with Gasteiger partial charge in [0, 0.05) is 28.8 Å². The van der Waals surface area contributed by atoms with E-state index in [0.717, 1.165) is 23.9 Å². The molecule has 3 rings (SSSR count). The van der Waals surface area contributed by atoms with Crippen LogP contribution in [0, 0.1) is 5.82 Å². The first kappa shape index (κ1) is 11.7. The number of nitrogens with two attached hydrogens (primary N) is 1. The van der Waals surface area contributed by atoms with Crippen LogP contribution in [0.25, 0.3) is 10.9 Å². The predicted molar refractivity (Wildman–Crippen MR) is 72.3 cm³/mol. The van der Waals surface area contributed by atoms with Crippen molar-refractivity contribution in [1.82, 2.24) is 4.98 Å². The van der Waals surface area contributed by atoms with E-state index < -0.39 is 5.82 Å². The minimum atomic E-state index is -0.445. The van der Waals surface area contributed by atoms with E-state index >= 15 is 0 Å². The number of benzene rings is 1. The lowest BCUT2D eigenvalue weighted by molar-refractivity contribution is 0.629. The van der Waals surface area contributed by atoms with Crippen molar-refractivity contribution in [2.75, 3.05) is 5.73 Å². The SMILES string of the molecule is Nc1cc(C2CCCC2)nc2cc(F)c(Cl)cc12. The molecule has 2 aromatic rings. The third-order valence-corrected chi connectivity index (χ3v) is 3.97. The normalized spacial score (nSPS) is 16.6. The number of halogens is 2. The van der Waals surface area contributed by atoms with Crippen LogP contribution in [0.4, 0.5) is 10.1 Å². The second kappa shape index (κ2) is 4.39. The number of anilines is 1. The zero-order valence-electron chi connectivity index (χ0n) is 9.92. The average Bonchev–Trinajstić information content (AvgIpc) is 2.85. The van der Waals surface area contributed by atoms with Gasteiger partial charge in [-0.3, -0.25) is 4.98 Å². The zero-order chi connectivity index (χ0) is 12.7. The van der Waals surface area contributed by atoms with Gasteiger partial charge < -0.3 is 5.73 Å². The molecule has 0 atom stereocenters. The molecular weight excluding hydrogens is 251 g/mol. The van der Waals surface area contributed by atoms with E-state index in [1.165, 1.54) is 18.9 Å². The van der Waals surface area contributed by atoms with Gasteiger partial charge >= 0.3 is 0 Å². The first-order valence-corrected chi connectivity index (χ1v) is 6.58. The van der Waals surface area contributed by atoms with E-state index in [1.54, 1.807) is 6.07 Å². The predicted octanol–water partition coefficient (Wildman–Crippen LogP) is 4.27. The van der Waals surface area contributed by atoms with E-state index in [4.69, 9.17) is 17.3 Å². The van der Waals surface area contributed by atoms with Crippen molar-refractivity contribution < 1.29 is 4.39 Å². The van der Waals surface area contributed by atoms with Gasteiger partial charge in [0.25, 0.3) is 0 Å². The third-order valence-electron chi connectivity index (χ3n) is 3.68. The molecule has 2 nitrogen and oxygen atoms in total. The lowest BCUT2D eigenvalue weighted by Crippen LogP contribution is -2.00. The first-order chi connectivity index (χ1) is 8.65. The van der Waals surface area contributed by atoms with Crippen molar-refractivity contribution in [1.29, 1.82) is 0 Å². The number of hydrogen-bond donors (Lipinski definition) is 1. The Morgan fingerprint density at radius 1 is 1.22 bits per heavy atom. The van der Waals surface area contributed by atoms with Crippen LogP contribution >= 0.6 is 11.6 Å². The summed E-state index contributed by atoms with van der Waals surface area (Å²) in [5.74, 6) is 0.0232. The Bertz CT molecular complexity index is 606. The number of fused-ring (bicyclic) bond motifs is 1. The summed E-state index contributed by atoms with van der Waals surface area (Å²) in [5.41, 5.74) is 8.23. The maximum absolute atomic E-state index is 13.5. The second-order valence-corrected chi connectivity index (χ2v) is 5.31. The largest absolute Gasteiger partial charge is 0.398 e. The maximum atomic E-state index is 13.5. The summed E-state index contributed by atoms with van der Waals surface area (Å²) in [6.07, 6.45) is 4.76. The second-order valence-electron chi connectivity index (χ2n) is 4.90. The number of rotatable bonds is 1. The highest BCUT2D eigenvalue weighted by molar-refractivity contribution is 6.31. The van der Waals surface area contributed by atoms with E-state index in [9.17, 15) is 4.39 Å². The molecule has 1 fully saturated rings. The minimum Gasteiger partial charge on any atom is -0.398 e. The summed E-state index contributed by atoms with van der Waals surface area (Å²) in [7, 11) is 0. The van der Waals surface area contributed by atoms with Gasteiger partial charge in [0.2, 0.25) is 0 Å². The molecule has 18 heavy (non-hydrogen) atoms. The molecule has 94 valence electrons. The highest BCUT2D eigenvalue weighted by atomic mass is 35.5. The van der Waals surface area contributed by atoms with Crippen molar-refractivity contribution in [3.8, 4) is 0 Å². The number of pyridine rings is 1. The number of nitrogens with zero attached hydrogens (tertiary/aromatic N) is 1. The summed E-state index contributed by atoms with van der Waals surface area (Å²) in [6.45, 7) is 0. The Labute approximate surface area is 110 Å². The molecule has 0 radical (unpaired) electrons. The molecule has 1 aromatic heterocycles. The summed E-state index contributed by atoms with van der Waals surface area (Å²) in [4.78, 5) is 4.54. The molecule has 4 heteroatoms. The van der Waals surface area contributed by atoms with Crippen LogP contribution in [0.15, 0.2) is 18.2 Å². The Kier molecular flexibility index (Phi) is 2.86. The van der Waals surface area contributed by atoms with E-state index in [-0.39, 0.29) is 5.02 Å². The van der Waals surface area contributed by atoms with E-state index in [1.807, 2.05) is 6.07 Å². The Morgan fingerprint density at radius 2 is 1.94 bits per heavy atom. The fraction of sp³-hybridized carbons (Fsp3) is 0.357. The topological polar surface area (TPSA) is 38.9 Å². The summed E-state index contributed by atoms with van der Waals surface area (Å²) in [6, 6.07) is 4.83. The fourth-order valence-electron chi connectivity index (χ4n) is 2.70. The Morgan fingerprint density at radius 3 is 2.67 bits per heavy atom. The van der Waals surface area contributed by atoms with Crippen LogP contribution in [0.2, 0.25) is 5.02 Å². The average molecular weight is 265 g/mol. The van der Waals surface area contributed by atoms with Crippen molar-refractivity contribution in [3.05, 3.63) is 34.7 Å². The molecule has 1 heterocycles. The summed E-state index contributed by atoms with van der Waals surface area (Å²) >= 11 is 5.77. The van der Waals surface area contributed by atoms with Crippen molar-refractivity contribution in [3.63, 3.8) is 0 Å². The quantitative estimate of drug-likeness (QED) is 0.835. The molecule has 1 aliphatic carbocycles. The molecular formula is C14H14ClFN2. The molecule has 0 amide bonds. The molecule has 1 saturated carbocycles. The molecule has 0 spiro atoms. The zero-order valence-corrected chi connectivity index (χ0v) is 10.7. The van der Waals surface area contributed by atoms with Crippen LogP contribution in [0.5, 0.6) is 0 Å². The number of nitrogen functional groups attached to an aromatic ring is 1. The van der Waals surface area contributed by atoms with Gasteiger partial charge in [0.1, 0.15) is 5.82 Å². The van der Waals surface area contributed by atoms with Gasteiger partial charge in [-0.25, -0.2) is 4.39 Å². The Hall–Kier alpha value is -1.35. The highest BCUT2D eigenvalue weighted by Gasteiger charge is 2.19. The van der Waals surface area contributed by atoms with Gasteiger partial charge in [0.05, 0.1) is 10.5 Å². The molecule has 0 aliphatic heterocycles. The van der Waals surface area contributed by atoms with Gasteiger partial charge in [-0.15, -0.1) is 0 Å². The fourth-order valence-corrected chi connectivity index (χ4v) is 2.86. The number of aromatic nitrogens is 1. The monoisotopic (exact) mass is 264 g/mol. The molecule has 2 N–H and O–H groups in total. The standard InChI is InChI=1S/C14H14ClFN2/c15-10-5-9-12(17)7-13(8-3-1-2-4-8)18-14(9)6-11(10)16/h5-8H,1-4H2,(H2,17,18). The van der Waals surface area contributed by atoms with Crippen LogP contribution in [0.1, 0.15) is 37.3 Å². The van der Waals surface area contributed by atoms with Crippen LogP contribution in [-0.2, 0) is 0 Å². The van der Waals surface area contributed by atoms with Crippen molar-refractivity contribution in [2.45, 2.75) is 31.6 Å². The molecule has 0 unspecified atom stereocenters. The lowest BCUT2D eigenvalue weighted by atomic mass is 10.0. The van der Waals surface area contributed by atoms with Crippen LogP contribution in [0.3, 0.4) is 0 Å². The summed E-state index contributed by atoms with van der Waals surface area (Å²) < 4.78 is 13.5. The van der Waals surface area contributed by atoms with Gasteiger partial charge in [-0.05, 0) is 25.0 Å². The summed E-state index contributed by atoms with van der Waals surface area (Å²) in [5, 5.41) is 0.813. The van der Waals surface area contributed by atoms with E-state index in [0.29, 0.717) is 17.1 Å². The van der Waals surface area contributed by atoms with Gasteiger partial charge in [-0.2, -0.15) is 0 Å². The molecule has 0 saturated heterocycles. The first-order valence-electron chi connectivity index (χ1n) is 6.20. The smallest absolute Gasteiger partial charge is 0.143 e.